The van der Waals surface area contributed by atoms with Gasteiger partial charge >= 0.3 is 0 Å². The van der Waals surface area contributed by atoms with Crippen molar-refractivity contribution in [3.63, 3.8) is 0 Å². The highest BCUT2D eigenvalue weighted by Crippen LogP contribution is 2.24. The molecule has 0 aliphatic carbocycles. The van der Waals surface area contributed by atoms with Gasteiger partial charge in [-0.1, -0.05) is 11.6 Å². The van der Waals surface area contributed by atoms with Crippen LogP contribution in [-0.4, -0.2) is 42.1 Å². The van der Waals surface area contributed by atoms with E-state index >= 15 is 0 Å². The molecule has 1 aliphatic heterocycles. The van der Waals surface area contributed by atoms with Crippen LogP contribution >= 0.6 is 22.9 Å². The van der Waals surface area contributed by atoms with Crippen molar-refractivity contribution in [2.24, 2.45) is 0 Å². The van der Waals surface area contributed by atoms with Gasteiger partial charge in [-0.2, -0.15) is 0 Å². The van der Waals surface area contributed by atoms with Crippen LogP contribution in [-0.2, 0) is 0 Å². The molecule has 0 atom stereocenters. The monoisotopic (exact) mass is 245 g/mol. The van der Waals surface area contributed by atoms with E-state index in [4.69, 9.17) is 11.6 Å². The number of thiazole rings is 1. The molecule has 0 unspecified atom stereocenters. The van der Waals surface area contributed by atoms with Crippen molar-refractivity contribution in [3.8, 4) is 0 Å². The average molecular weight is 246 g/mol. The van der Waals surface area contributed by atoms with Crippen LogP contribution < -0.4 is 4.90 Å². The molecule has 0 amide bonds. The van der Waals surface area contributed by atoms with Crippen LogP contribution in [0, 0.1) is 0 Å². The van der Waals surface area contributed by atoms with E-state index in [0.717, 1.165) is 31.3 Å². The highest BCUT2D eigenvalue weighted by atomic mass is 35.5. The summed E-state index contributed by atoms with van der Waals surface area (Å²) in [6, 6.07) is 0.645. The summed E-state index contributed by atoms with van der Waals surface area (Å²) in [7, 11) is 0. The first-order valence-electron chi connectivity index (χ1n) is 5.27. The lowest BCUT2D eigenvalue weighted by molar-refractivity contribution is 0.209. The van der Waals surface area contributed by atoms with Gasteiger partial charge in [0, 0.05) is 37.6 Å². The maximum absolute atomic E-state index is 5.82. The second-order valence-electron chi connectivity index (χ2n) is 4.07. The lowest BCUT2D eigenvalue weighted by atomic mass is 10.2. The maximum Gasteiger partial charge on any atom is 0.186 e. The molecule has 84 valence electrons. The molecule has 1 aliphatic rings. The summed E-state index contributed by atoms with van der Waals surface area (Å²) in [6.45, 7) is 8.85. The number of aromatic nitrogens is 1. The molecule has 0 saturated carbocycles. The van der Waals surface area contributed by atoms with Crippen LogP contribution in [0.3, 0.4) is 0 Å². The molecule has 0 spiro atoms. The number of nitrogens with zero attached hydrogens (tertiary/aromatic N) is 3. The minimum atomic E-state index is 0.612. The molecule has 0 bridgehead atoms. The highest BCUT2D eigenvalue weighted by Gasteiger charge is 2.20. The first-order chi connectivity index (χ1) is 7.16. The Labute approximate surface area is 99.7 Å². The lowest BCUT2D eigenvalue weighted by Gasteiger charge is -2.36. The SMILES string of the molecule is CC(C)N1CCN(c2nc(Cl)cs2)CC1. The van der Waals surface area contributed by atoms with E-state index in [0.29, 0.717) is 11.2 Å². The van der Waals surface area contributed by atoms with Gasteiger partial charge in [0.2, 0.25) is 0 Å². The van der Waals surface area contributed by atoms with Gasteiger partial charge in [-0.05, 0) is 13.8 Å². The van der Waals surface area contributed by atoms with Crippen LogP contribution in [0.1, 0.15) is 13.8 Å². The number of rotatable bonds is 2. The number of halogens is 1. The van der Waals surface area contributed by atoms with Crippen molar-refractivity contribution in [1.82, 2.24) is 9.88 Å². The predicted octanol–water partition coefficient (Wildman–Crippen LogP) is 2.33. The topological polar surface area (TPSA) is 19.4 Å². The molecular weight excluding hydrogens is 230 g/mol. The van der Waals surface area contributed by atoms with E-state index in [1.54, 1.807) is 11.3 Å². The van der Waals surface area contributed by atoms with E-state index in [2.05, 4.69) is 28.6 Å². The zero-order chi connectivity index (χ0) is 10.8. The zero-order valence-corrected chi connectivity index (χ0v) is 10.7. The average Bonchev–Trinajstić information content (AvgIpc) is 2.65. The molecular formula is C10H16ClN3S. The van der Waals surface area contributed by atoms with Gasteiger partial charge in [0.1, 0.15) is 5.15 Å². The van der Waals surface area contributed by atoms with Gasteiger partial charge in [0.05, 0.1) is 0 Å². The second-order valence-corrected chi connectivity index (χ2v) is 5.29. The van der Waals surface area contributed by atoms with Crippen LogP contribution in [0.25, 0.3) is 0 Å². The Bertz CT molecular complexity index is 318. The fraction of sp³-hybridized carbons (Fsp3) is 0.700. The van der Waals surface area contributed by atoms with Crippen molar-refractivity contribution >= 4 is 28.1 Å². The van der Waals surface area contributed by atoms with Gasteiger partial charge in [-0.3, -0.25) is 4.90 Å². The Kier molecular flexibility index (Phi) is 3.49. The largest absolute Gasteiger partial charge is 0.345 e. The van der Waals surface area contributed by atoms with Crippen molar-refractivity contribution in [3.05, 3.63) is 10.5 Å². The molecule has 0 N–H and O–H groups in total. The molecule has 15 heavy (non-hydrogen) atoms. The standard InChI is InChI=1S/C10H16ClN3S/c1-8(2)13-3-5-14(6-4-13)10-12-9(11)7-15-10/h7-8H,3-6H2,1-2H3. The fourth-order valence-corrected chi connectivity index (χ4v) is 2.82. The number of anilines is 1. The van der Waals surface area contributed by atoms with Gasteiger partial charge in [0.15, 0.2) is 5.13 Å². The van der Waals surface area contributed by atoms with E-state index in [-0.39, 0.29) is 0 Å². The smallest absolute Gasteiger partial charge is 0.186 e. The second kappa shape index (κ2) is 4.68. The van der Waals surface area contributed by atoms with Crippen LogP contribution in [0.4, 0.5) is 5.13 Å². The lowest BCUT2D eigenvalue weighted by Crippen LogP contribution is -2.48. The molecule has 5 heteroatoms. The first-order valence-corrected chi connectivity index (χ1v) is 6.52. The van der Waals surface area contributed by atoms with Crippen molar-refractivity contribution in [2.75, 3.05) is 31.1 Å². The van der Waals surface area contributed by atoms with E-state index in [1.165, 1.54) is 0 Å². The molecule has 2 rings (SSSR count). The molecule has 1 aromatic rings. The van der Waals surface area contributed by atoms with Gasteiger partial charge in [-0.15, -0.1) is 11.3 Å². The summed E-state index contributed by atoms with van der Waals surface area (Å²) in [5.74, 6) is 0. The van der Waals surface area contributed by atoms with Gasteiger partial charge in [0.25, 0.3) is 0 Å². The number of hydrogen-bond donors (Lipinski definition) is 0. The summed E-state index contributed by atoms with van der Waals surface area (Å²) in [6.07, 6.45) is 0. The van der Waals surface area contributed by atoms with E-state index in [1.807, 2.05) is 5.38 Å². The zero-order valence-electron chi connectivity index (χ0n) is 9.11. The van der Waals surface area contributed by atoms with Crippen LogP contribution in [0.15, 0.2) is 5.38 Å². The third-order valence-electron chi connectivity index (χ3n) is 2.78. The van der Waals surface area contributed by atoms with Crippen LogP contribution in [0.2, 0.25) is 5.15 Å². The minimum Gasteiger partial charge on any atom is -0.345 e. The Hall–Kier alpha value is -0.320. The highest BCUT2D eigenvalue weighted by molar-refractivity contribution is 7.14. The quantitative estimate of drug-likeness (QED) is 0.797. The summed E-state index contributed by atoms with van der Waals surface area (Å²) in [5.41, 5.74) is 0. The summed E-state index contributed by atoms with van der Waals surface area (Å²) in [5, 5.41) is 3.57. The molecule has 1 fully saturated rings. The predicted molar refractivity (Wildman–Crippen MR) is 66.0 cm³/mol. The van der Waals surface area contributed by atoms with E-state index < -0.39 is 0 Å². The molecule has 0 aromatic carbocycles. The molecule has 3 nitrogen and oxygen atoms in total. The molecule has 1 aromatic heterocycles. The third kappa shape index (κ3) is 2.62. The molecule has 1 saturated heterocycles. The molecule has 2 heterocycles. The summed E-state index contributed by atoms with van der Waals surface area (Å²) in [4.78, 5) is 9.10. The third-order valence-corrected chi connectivity index (χ3v) is 4.00. The fourth-order valence-electron chi connectivity index (χ4n) is 1.82. The van der Waals surface area contributed by atoms with Crippen molar-refractivity contribution in [1.29, 1.82) is 0 Å². The Balaban J connectivity index is 1.93. The Morgan fingerprint density at radius 2 is 2.00 bits per heavy atom. The summed E-state index contributed by atoms with van der Waals surface area (Å²) >= 11 is 7.45. The summed E-state index contributed by atoms with van der Waals surface area (Å²) < 4.78 is 0. The maximum atomic E-state index is 5.82. The minimum absolute atomic E-state index is 0.612. The number of piperazine rings is 1. The van der Waals surface area contributed by atoms with Crippen molar-refractivity contribution < 1.29 is 0 Å². The Morgan fingerprint density at radius 3 is 2.47 bits per heavy atom. The normalized spacial score (nSPS) is 18.8. The Morgan fingerprint density at radius 1 is 1.33 bits per heavy atom. The van der Waals surface area contributed by atoms with Gasteiger partial charge in [-0.25, -0.2) is 4.98 Å². The van der Waals surface area contributed by atoms with Gasteiger partial charge < -0.3 is 4.90 Å². The first kappa shape index (κ1) is 11.2. The van der Waals surface area contributed by atoms with Crippen LogP contribution in [0.5, 0.6) is 0 Å². The van der Waals surface area contributed by atoms with Crippen molar-refractivity contribution in [2.45, 2.75) is 19.9 Å². The van der Waals surface area contributed by atoms with E-state index in [9.17, 15) is 0 Å². The number of hydrogen-bond acceptors (Lipinski definition) is 4. The molecule has 0 radical (unpaired) electrons.